The Morgan fingerprint density at radius 1 is 1.31 bits per heavy atom. The van der Waals surface area contributed by atoms with E-state index in [4.69, 9.17) is 12.2 Å². The van der Waals surface area contributed by atoms with Crippen LogP contribution in [0.15, 0.2) is 29.2 Å². The van der Waals surface area contributed by atoms with Gasteiger partial charge in [-0.2, -0.15) is 0 Å². The highest BCUT2D eigenvalue weighted by Gasteiger charge is 2.34. The summed E-state index contributed by atoms with van der Waals surface area (Å²) in [5.74, 6) is -1.01. The number of thioether (sulfide) groups is 2. The number of hydrogen-bond acceptors (Lipinski definition) is 6. The van der Waals surface area contributed by atoms with E-state index >= 15 is 0 Å². The van der Waals surface area contributed by atoms with E-state index in [0.29, 0.717) is 4.32 Å². The molecule has 0 unspecified atom stereocenters. The Bertz CT molecular complexity index is 828. The Morgan fingerprint density at radius 3 is 2.66 bits per heavy atom. The van der Waals surface area contributed by atoms with Crippen LogP contribution in [0.3, 0.4) is 0 Å². The molecule has 0 atom stereocenters. The number of amides is 3. The van der Waals surface area contributed by atoms with Crippen molar-refractivity contribution in [1.82, 2.24) is 15.1 Å². The quantitative estimate of drug-likeness (QED) is 0.476. The summed E-state index contributed by atoms with van der Waals surface area (Å²) in [6.07, 6.45) is 1.36. The lowest BCUT2D eigenvalue weighted by Gasteiger charge is -2.20. The minimum absolute atomic E-state index is 0.0518. The molecule has 1 aliphatic heterocycles. The molecular formula is C19H22FN3O3S3. The van der Waals surface area contributed by atoms with Gasteiger partial charge in [-0.15, -0.1) is 0 Å². The van der Waals surface area contributed by atoms with Crippen molar-refractivity contribution in [2.45, 2.75) is 13.8 Å². The Balaban J connectivity index is 1.83. The fourth-order valence-electron chi connectivity index (χ4n) is 2.48. The average Bonchev–Trinajstić information content (AvgIpc) is 2.96. The minimum atomic E-state index is -0.491. The van der Waals surface area contributed by atoms with E-state index in [1.807, 2.05) is 18.7 Å². The summed E-state index contributed by atoms with van der Waals surface area (Å²) in [7, 11) is 0. The van der Waals surface area contributed by atoms with Gasteiger partial charge in [0.25, 0.3) is 11.1 Å². The summed E-state index contributed by atoms with van der Waals surface area (Å²) in [6.45, 7) is 5.74. The number of benzene rings is 1. The highest BCUT2D eigenvalue weighted by Crippen LogP contribution is 2.32. The van der Waals surface area contributed by atoms with Crippen LogP contribution in [-0.2, 0) is 9.59 Å². The zero-order valence-electron chi connectivity index (χ0n) is 16.1. The molecule has 156 valence electrons. The van der Waals surface area contributed by atoms with Crippen molar-refractivity contribution in [2.24, 2.45) is 0 Å². The monoisotopic (exact) mass is 455 g/mol. The van der Waals surface area contributed by atoms with Crippen molar-refractivity contribution in [1.29, 1.82) is 0 Å². The summed E-state index contributed by atoms with van der Waals surface area (Å²) in [6, 6.07) is 6.02. The predicted octanol–water partition coefficient (Wildman–Crippen LogP) is 3.34. The molecule has 1 N–H and O–H groups in total. The van der Waals surface area contributed by atoms with Gasteiger partial charge < -0.3 is 10.2 Å². The van der Waals surface area contributed by atoms with Crippen LogP contribution in [0, 0.1) is 5.82 Å². The van der Waals surface area contributed by atoms with Gasteiger partial charge in [0, 0.05) is 31.7 Å². The van der Waals surface area contributed by atoms with Gasteiger partial charge in [0.1, 0.15) is 10.1 Å². The van der Waals surface area contributed by atoms with Gasteiger partial charge in [0.15, 0.2) is 0 Å². The summed E-state index contributed by atoms with van der Waals surface area (Å²) < 4.78 is 14.4. The van der Waals surface area contributed by atoms with Crippen LogP contribution in [0.2, 0.25) is 0 Å². The molecule has 0 spiro atoms. The first-order valence-electron chi connectivity index (χ1n) is 9.05. The summed E-state index contributed by atoms with van der Waals surface area (Å²) in [4.78, 5) is 39.7. The molecular weight excluding hydrogens is 433 g/mol. The van der Waals surface area contributed by atoms with Crippen molar-refractivity contribution in [3.05, 3.63) is 40.6 Å². The van der Waals surface area contributed by atoms with Crippen LogP contribution >= 0.6 is 35.7 Å². The molecule has 2 rings (SSSR count). The Morgan fingerprint density at radius 2 is 2.00 bits per heavy atom. The number of halogens is 1. The lowest BCUT2D eigenvalue weighted by Crippen LogP contribution is -2.38. The molecule has 0 saturated carbocycles. The maximum atomic E-state index is 13.8. The fourth-order valence-corrected chi connectivity index (χ4v) is 4.57. The molecule has 1 fully saturated rings. The van der Waals surface area contributed by atoms with E-state index in [1.165, 1.54) is 30.0 Å². The van der Waals surface area contributed by atoms with Crippen LogP contribution in [0.1, 0.15) is 19.4 Å². The highest BCUT2D eigenvalue weighted by atomic mass is 32.2. The molecule has 0 radical (unpaired) electrons. The molecule has 1 aliphatic rings. The minimum Gasteiger partial charge on any atom is -0.358 e. The van der Waals surface area contributed by atoms with Gasteiger partial charge >= 0.3 is 0 Å². The summed E-state index contributed by atoms with van der Waals surface area (Å²) in [5.41, 5.74) is 0.243. The zero-order valence-corrected chi connectivity index (χ0v) is 18.6. The van der Waals surface area contributed by atoms with Crippen molar-refractivity contribution in [3.8, 4) is 0 Å². The van der Waals surface area contributed by atoms with Gasteiger partial charge in [-0.05, 0) is 37.8 Å². The molecule has 1 saturated heterocycles. The molecule has 10 heteroatoms. The summed E-state index contributed by atoms with van der Waals surface area (Å²) in [5, 5.41) is 2.24. The normalized spacial score (nSPS) is 15.1. The van der Waals surface area contributed by atoms with Gasteiger partial charge in [-0.1, -0.05) is 42.2 Å². The fraction of sp³-hybridized carbons (Fsp3) is 0.368. The smallest absolute Gasteiger partial charge is 0.293 e. The SMILES string of the molecule is CCN(CC)C(=S)SCC(=O)NCCN1C(=O)S/C(=C\c2ccccc2F)C1=O. The van der Waals surface area contributed by atoms with Crippen molar-refractivity contribution in [2.75, 3.05) is 31.9 Å². The van der Waals surface area contributed by atoms with Crippen molar-refractivity contribution in [3.63, 3.8) is 0 Å². The second-order valence-corrected chi connectivity index (χ2v) is 8.53. The van der Waals surface area contributed by atoms with E-state index < -0.39 is 17.0 Å². The van der Waals surface area contributed by atoms with E-state index in [2.05, 4.69) is 5.32 Å². The number of carbonyl (C=O) groups is 3. The van der Waals surface area contributed by atoms with Gasteiger partial charge in [0.2, 0.25) is 5.91 Å². The number of rotatable bonds is 8. The first-order chi connectivity index (χ1) is 13.9. The molecule has 0 aromatic heterocycles. The maximum absolute atomic E-state index is 13.8. The van der Waals surface area contributed by atoms with E-state index in [-0.39, 0.29) is 35.2 Å². The lowest BCUT2D eigenvalue weighted by atomic mass is 10.2. The zero-order chi connectivity index (χ0) is 21.4. The standard InChI is InChI=1S/C19H22FN3O3S3/c1-3-22(4-2)19(27)28-12-16(24)21-9-10-23-17(25)15(29-18(23)26)11-13-7-5-6-8-14(13)20/h5-8,11H,3-4,9-10,12H2,1-2H3,(H,21,24)/b15-11-. The molecule has 6 nitrogen and oxygen atoms in total. The Kier molecular flexibility index (Phi) is 9.12. The Labute approximate surface area is 183 Å². The predicted molar refractivity (Wildman–Crippen MR) is 120 cm³/mol. The molecule has 0 bridgehead atoms. The maximum Gasteiger partial charge on any atom is 0.293 e. The van der Waals surface area contributed by atoms with Crippen LogP contribution in [-0.4, -0.2) is 63.1 Å². The van der Waals surface area contributed by atoms with Gasteiger partial charge in [-0.3, -0.25) is 19.3 Å². The Hall–Kier alpha value is -1.91. The number of nitrogens with zero attached hydrogens (tertiary/aromatic N) is 2. The summed E-state index contributed by atoms with van der Waals surface area (Å²) >= 11 is 7.31. The van der Waals surface area contributed by atoms with E-state index in [9.17, 15) is 18.8 Å². The van der Waals surface area contributed by atoms with Crippen LogP contribution in [0.25, 0.3) is 6.08 Å². The third-order valence-electron chi connectivity index (χ3n) is 4.07. The van der Waals surface area contributed by atoms with E-state index in [0.717, 1.165) is 29.8 Å². The third kappa shape index (κ3) is 6.55. The molecule has 1 aromatic carbocycles. The van der Waals surface area contributed by atoms with Crippen molar-refractivity contribution >= 4 is 63.2 Å². The number of imide groups is 1. The van der Waals surface area contributed by atoms with Gasteiger partial charge in [0.05, 0.1) is 10.7 Å². The first kappa shape index (κ1) is 23.4. The molecule has 1 heterocycles. The molecule has 1 aromatic rings. The number of hydrogen-bond donors (Lipinski definition) is 1. The second kappa shape index (κ2) is 11.3. The first-order valence-corrected chi connectivity index (χ1v) is 11.3. The van der Waals surface area contributed by atoms with Gasteiger partial charge in [-0.25, -0.2) is 4.39 Å². The largest absolute Gasteiger partial charge is 0.358 e. The van der Waals surface area contributed by atoms with E-state index in [1.54, 1.807) is 12.1 Å². The van der Waals surface area contributed by atoms with Crippen LogP contribution in [0.4, 0.5) is 9.18 Å². The topological polar surface area (TPSA) is 69.7 Å². The van der Waals surface area contributed by atoms with Crippen LogP contribution < -0.4 is 5.32 Å². The molecule has 0 aliphatic carbocycles. The number of nitrogens with one attached hydrogen (secondary N) is 1. The molecule has 29 heavy (non-hydrogen) atoms. The molecule has 3 amide bonds. The lowest BCUT2D eigenvalue weighted by molar-refractivity contribution is -0.123. The number of thiocarbonyl (C=S) groups is 1. The van der Waals surface area contributed by atoms with Crippen LogP contribution in [0.5, 0.6) is 0 Å². The highest BCUT2D eigenvalue weighted by molar-refractivity contribution is 8.23. The third-order valence-corrected chi connectivity index (χ3v) is 6.50. The average molecular weight is 456 g/mol. The second-order valence-electron chi connectivity index (χ2n) is 5.93. The van der Waals surface area contributed by atoms with Crippen molar-refractivity contribution < 1.29 is 18.8 Å². The number of carbonyl (C=O) groups excluding carboxylic acids is 3.